The molecule has 0 aromatic carbocycles. The summed E-state index contributed by atoms with van der Waals surface area (Å²) < 4.78 is 21.9. The zero-order valence-corrected chi connectivity index (χ0v) is 8.96. The second-order valence-corrected chi connectivity index (χ2v) is 5.29. The van der Waals surface area contributed by atoms with E-state index in [0.29, 0.717) is 0 Å². The summed E-state index contributed by atoms with van der Waals surface area (Å²) in [6.07, 6.45) is 5.64. The quantitative estimate of drug-likeness (QED) is 0.659. The van der Waals surface area contributed by atoms with Gasteiger partial charge >= 0.3 is 7.60 Å². The predicted molar refractivity (Wildman–Crippen MR) is 52.8 cm³/mol. The van der Waals surface area contributed by atoms with Gasteiger partial charge in [-0.05, 0) is 12.8 Å². The first kappa shape index (κ1) is 11.0. The molecule has 4 heteroatoms. The van der Waals surface area contributed by atoms with E-state index in [0.717, 1.165) is 25.7 Å². The summed E-state index contributed by atoms with van der Waals surface area (Å²) in [7, 11) is -1.59. The van der Waals surface area contributed by atoms with Crippen LogP contribution in [0.1, 0.15) is 32.1 Å². The summed E-state index contributed by atoms with van der Waals surface area (Å²) in [4.78, 5) is 0. The molecular weight excluding hydrogens is 187 g/mol. The molecule has 0 aromatic rings. The van der Waals surface area contributed by atoms with Crippen LogP contribution >= 0.6 is 7.60 Å². The highest BCUT2D eigenvalue weighted by molar-refractivity contribution is 7.57. The van der Waals surface area contributed by atoms with E-state index >= 15 is 0 Å². The van der Waals surface area contributed by atoms with Gasteiger partial charge in [0.1, 0.15) is 0 Å². The molecule has 0 bridgehead atoms. The topological polar surface area (TPSA) is 35.5 Å². The van der Waals surface area contributed by atoms with E-state index in [1.165, 1.54) is 19.3 Å². The Morgan fingerprint density at radius 1 is 1.38 bits per heavy atom. The first-order valence-electron chi connectivity index (χ1n) is 4.67. The van der Waals surface area contributed by atoms with Gasteiger partial charge < -0.3 is 9.05 Å². The van der Waals surface area contributed by atoms with E-state index < -0.39 is 7.60 Å². The maximum absolute atomic E-state index is 11.7. The summed E-state index contributed by atoms with van der Waals surface area (Å²) in [6.45, 7) is 3.46. The Balaban J connectivity index is 2.45. The lowest BCUT2D eigenvalue weighted by molar-refractivity contribution is 0.131. The fourth-order valence-electron chi connectivity index (χ4n) is 1.54. The smallest absolute Gasteiger partial charge is 0.309 e. The Kier molecular flexibility index (Phi) is 4.17. The minimum absolute atomic E-state index is 0.0949. The van der Waals surface area contributed by atoms with Crippen molar-refractivity contribution in [3.05, 3.63) is 12.4 Å². The van der Waals surface area contributed by atoms with Crippen LogP contribution in [0.2, 0.25) is 0 Å². The lowest BCUT2D eigenvalue weighted by atomic mass is 9.98. The first-order chi connectivity index (χ1) is 6.20. The van der Waals surface area contributed by atoms with Gasteiger partial charge in [-0.25, -0.2) is 0 Å². The van der Waals surface area contributed by atoms with Crippen LogP contribution < -0.4 is 0 Å². The first-order valence-corrected chi connectivity index (χ1v) is 6.29. The largest absolute Gasteiger partial charge is 0.353 e. The van der Waals surface area contributed by atoms with Crippen molar-refractivity contribution in [1.29, 1.82) is 0 Å². The van der Waals surface area contributed by atoms with Crippen molar-refractivity contribution in [3.8, 4) is 0 Å². The summed E-state index contributed by atoms with van der Waals surface area (Å²) >= 11 is 0. The van der Waals surface area contributed by atoms with Crippen molar-refractivity contribution in [1.82, 2.24) is 0 Å². The second kappa shape index (κ2) is 4.94. The SMILES string of the molecule is C=CP(=O)(OC)OC1CCCCC1. The molecule has 0 amide bonds. The minimum atomic E-state index is -2.99. The lowest BCUT2D eigenvalue weighted by Crippen LogP contribution is -2.15. The standard InChI is InChI=1S/C9H17O3P/c1-3-13(10,11-2)12-9-7-5-4-6-8-9/h3,9H,1,4-8H2,2H3. The maximum atomic E-state index is 11.7. The molecule has 1 fully saturated rings. The summed E-state index contributed by atoms with van der Waals surface area (Å²) in [5.74, 6) is 1.28. The van der Waals surface area contributed by atoms with Crippen LogP contribution in [0.3, 0.4) is 0 Å². The molecule has 1 atom stereocenters. The monoisotopic (exact) mass is 204 g/mol. The fraction of sp³-hybridized carbons (Fsp3) is 0.778. The van der Waals surface area contributed by atoms with Crippen LogP contribution in [-0.4, -0.2) is 13.2 Å². The van der Waals surface area contributed by atoms with Crippen LogP contribution in [0.15, 0.2) is 12.4 Å². The molecule has 0 N–H and O–H groups in total. The predicted octanol–water partition coefficient (Wildman–Crippen LogP) is 3.32. The van der Waals surface area contributed by atoms with Gasteiger partial charge in [0.2, 0.25) is 0 Å². The van der Waals surface area contributed by atoms with Crippen molar-refractivity contribution in [2.75, 3.05) is 7.11 Å². The minimum Gasteiger partial charge on any atom is -0.309 e. The Morgan fingerprint density at radius 2 is 2.00 bits per heavy atom. The van der Waals surface area contributed by atoms with Crippen LogP contribution in [0.5, 0.6) is 0 Å². The molecule has 1 aliphatic rings. The number of hydrogen-bond donors (Lipinski definition) is 0. The highest BCUT2D eigenvalue weighted by atomic mass is 31.2. The second-order valence-electron chi connectivity index (χ2n) is 3.27. The highest BCUT2D eigenvalue weighted by Crippen LogP contribution is 2.50. The molecule has 0 aliphatic heterocycles. The summed E-state index contributed by atoms with van der Waals surface area (Å²) in [5, 5.41) is 0. The fourth-order valence-corrected chi connectivity index (χ4v) is 2.49. The Bertz CT molecular complexity index is 209. The van der Waals surface area contributed by atoms with Crippen LogP contribution in [0.25, 0.3) is 0 Å². The van der Waals surface area contributed by atoms with Gasteiger partial charge in [-0.1, -0.05) is 25.8 Å². The summed E-state index contributed by atoms with van der Waals surface area (Å²) in [5.41, 5.74) is 0. The van der Waals surface area contributed by atoms with Crippen LogP contribution in [0, 0.1) is 0 Å². The molecule has 0 aromatic heterocycles. The van der Waals surface area contributed by atoms with E-state index in [9.17, 15) is 4.57 Å². The molecule has 0 spiro atoms. The maximum Gasteiger partial charge on any atom is 0.353 e. The van der Waals surface area contributed by atoms with Gasteiger partial charge in [-0.2, -0.15) is 0 Å². The third kappa shape index (κ3) is 3.26. The molecule has 1 aliphatic carbocycles. The van der Waals surface area contributed by atoms with E-state index in [4.69, 9.17) is 9.05 Å². The molecule has 1 saturated carbocycles. The van der Waals surface area contributed by atoms with E-state index in [-0.39, 0.29) is 6.10 Å². The molecule has 13 heavy (non-hydrogen) atoms. The molecule has 76 valence electrons. The number of hydrogen-bond acceptors (Lipinski definition) is 3. The summed E-state index contributed by atoms with van der Waals surface area (Å²) in [6, 6.07) is 0. The van der Waals surface area contributed by atoms with Crippen molar-refractivity contribution >= 4 is 7.60 Å². The average Bonchev–Trinajstić information content (AvgIpc) is 2.19. The van der Waals surface area contributed by atoms with Gasteiger partial charge in [0.25, 0.3) is 0 Å². The number of rotatable bonds is 4. The molecule has 0 radical (unpaired) electrons. The normalized spacial score (nSPS) is 23.8. The van der Waals surface area contributed by atoms with Gasteiger partial charge in [0.05, 0.1) is 6.10 Å². The Hall–Kier alpha value is -0.110. The van der Waals surface area contributed by atoms with Gasteiger partial charge in [-0.15, -0.1) is 0 Å². The Morgan fingerprint density at radius 3 is 2.46 bits per heavy atom. The van der Waals surface area contributed by atoms with Crippen LogP contribution in [0.4, 0.5) is 0 Å². The molecule has 1 unspecified atom stereocenters. The van der Waals surface area contributed by atoms with Crippen molar-refractivity contribution in [2.45, 2.75) is 38.2 Å². The molecule has 1 rings (SSSR count). The molecule has 3 nitrogen and oxygen atoms in total. The third-order valence-corrected chi connectivity index (χ3v) is 3.87. The van der Waals surface area contributed by atoms with Crippen LogP contribution in [-0.2, 0) is 13.6 Å². The lowest BCUT2D eigenvalue weighted by Gasteiger charge is -2.24. The molecular formula is C9H17O3P. The molecule has 0 saturated heterocycles. The van der Waals surface area contributed by atoms with Gasteiger partial charge in [-0.3, -0.25) is 4.57 Å². The average molecular weight is 204 g/mol. The zero-order valence-electron chi connectivity index (χ0n) is 8.07. The molecule has 0 heterocycles. The van der Waals surface area contributed by atoms with E-state index in [2.05, 4.69) is 6.58 Å². The van der Waals surface area contributed by atoms with E-state index in [1.807, 2.05) is 0 Å². The van der Waals surface area contributed by atoms with Crippen molar-refractivity contribution in [3.63, 3.8) is 0 Å². The van der Waals surface area contributed by atoms with Gasteiger partial charge in [0, 0.05) is 12.9 Å². The Labute approximate surface area is 79.7 Å². The van der Waals surface area contributed by atoms with E-state index in [1.54, 1.807) is 0 Å². The van der Waals surface area contributed by atoms with Crippen molar-refractivity contribution in [2.24, 2.45) is 0 Å². The highest BCUT2D eigenvalue weighted by Gasteiger charge is 2.25. The third-order valence-electron chi connectivity index (χ3n) is 2.33. The zero-order chi connectivity index (χ0) is 9.73. The van der Waals surface area contributed by atoms with Crippen molar-refractivity contribution < 1.29 is 13.6 Å². The van der Waals surface area contributed by atoms with Gasteiger partial charge in [0.15, 0.2) is 0 Å².